The van der Waals surface area contributed by atoms with Crippen molar-refractivity contribution in [2.75, 3.05) is 12.3 Å². The van der Waals surface area contributed by atoms with Crippen LogP contribution < -0.4 is 16.2 Å². The summed E-state index contributed by atoms with van der Waals surface area (Å²) in [5, 5.41) is 18.4. The highest BCUT2D eigenvalue weighted by Gasteiger charge is 2.10. The number of carboxylic acid groups (broad SMARTS) is 1. The number of aliphatic carboxylic acids is 1. The molecule has 0 spiro atoms. The Morgan fingerprint density at radius 3 is 2.55 bits per heavy atom. The molecule has 6 nitrogen and oxygen atoms in total. The van der Waals surface area contributed by atoms with Crippen LogP contribution in [0.25, 0.3) is 11.1 Å². The highest BCUT2D eigenvalue weighted by Crippen LogP contribution is 2.27. The maximum atomic E-state index is 11.0. The van der Waals surface area contributed by atoms with Crippen LogP contribution in [-0.2, 0) is 17.8 Å². The number of nitrogens with two attached hydrogens (primary N) is 2. The Hall–Kier alpha value is -3.35. The van der Waals surface area contributed by atoms with Crippen LogP contribution >= 0.6 is 0 Å². The second-order valence-electron chi connectivity index (χ2n) is 6.84. The van der Waals surface area contributed by atoms with Crippen molar-refractivity contribution in [1.82, 2.24) is 0 Å². The molecular weight excluding hydrogens is 368 g/mol. The summed E-state index contributed by atoms with van der Waals surface area (Å²) in [7, 11) is 0. The summed E-state index contributed by atoms with van der Waals surface area (Å²) in [4.78, 5) is 11.0. The summed E-state index contributed by atoms with van der Waals surface area (Å²) in [5.41, 5.74) is 16.8. The predicted octanol–water partition coefficient (Wildman–Crippen LogP) is 3.13. The molecule has 0 unspecified atom stereocenters. The lowest BCUT2D eigenvalue weighted by atomic mass is 9.98. The topological polar surface area (TPSA) is 119 Å². The Kier molecular flexibility index (Phi) is 6.49. The van der Waals surface area contributed by atoms with Gasteiger partial charge in [-0.2, -0.15) is 0 Å². The van der Waals surface area contributed by atoms with Crippen molar-refractivity contribution in [1.29, 1.82) is 0 Å². The van der Waals surface area contributed by atoms with E-state index in [1.54, 1.807) is 24.3 Å². The quantitative estimate of drug-likeness (QED) is 0.437. The number of carboxylic acids is 1. The van der Waals surface area contributed by atoms with Crippen molar-refractivity contribution in [3.63, 3.8) is 0 Å². The molecule has 0 fully saturated rings. The second kappa shape index (κ2) is 9.23. The third-order valence-corrected chi connectivity index (χ3v) is 4.57. The molecule has 6 N–H and O–H groups in total. The van der Waals surface area contributed by atoms with Crippen molar-refractivity contribution in [3.8, 4) is 16.9 Å². The van der Waals surface area contributed by atoms with Gasteiger partial charge in [-0.15, -0.1) is 0 Å². The maximum Gasteiger partial charge on any atom is 0.307 e. The first-order valence-corrected chi connectivity index (χ1v) is 9.25. The van der Waals surface area contributed by atoms with Gasteiger partial charge in [0.25, 0.3) is 0 Å². The molecule has 0 bridgehead atoms. The molecule has 0 aliphatic heterocycles. The standard InChI is InChI=1S/C23H24N2O4/c24-20-9-15(14-29-22-7-2-1-4-18(22)12-23(27)28)8-19(11-20)16-5-3-6-17(10-16)21(25)13-26/h1-11,21,26H,12-14,24-25H2,(H,27,28)/t21-/m1/s1. The third-order valence-electron chi connectivity index (χ3n) is 4.57. The maximum absolute atomic E-state index is 11.0. The van der Waals surface area contributed by atoms with E-state index in [2.05, 4.69) is 0 Å². The van der Waals surface area contributed by atoms with Crippen LogP contribution in [0.5, 0.6) is 5.75 Å². The Morgan fingerprint density at radius 1 is 1.00 bits per heavy atom. The number of hydrogen-bond acceptors (Lipinski definition) is 5. The minimum absolute atomic E-state index is 0.101. The van der Waals surface area contributed by atoms with Crippen LogP contribution in [0.2, 0.25) is 0 Å². The van der Waals surface area contributed by atoms with Gasteiger partial charge >= 0.3 is 5.97 Å². The molecule has 0 aliphatic carbocycles. The minimum Gasteiger partial charge on any atom is -0.489 e. The Balaban J connectivity index is 1.83. The third kappa shape index (κ3) is 5.34. The molecule has 0 heterocycles. The number of nitrogen functional groups attached to an aromatic ring is 1. The van der Waals surface area contributed by atoms with Gasteiger partial charge in [0.15, 0.2) is 0 Å². The van der Waals surface area contributed by atoms with E-state index < -0.39 is 12.0 Å². The van der Waals surface area contributed by atoms with Gasteiger partial charge in [-0.1, -0.05) is 36.4 Å². The van der Waals surface area contributed by atoms with E-state index in [0.717, 1.165) is 22.3 Å². The number of anilines is 1. The van der Waals surface area contributed by atoms with Crippen molar-refractivity contribution >= 4 is 11.7 Å². The Morgan fingerprint density at radius 2 is 1.79 bits per heavy atom. The van der Waals surface area contributed by atoms with Crippen LogP contribution in [0.1, 0.15) is 22.7 Å². The van der Waals surface area contributed by atoms with Crippen molar-refractivity contribution in [3.05, 3.63) is 83.4 Å². The van der Waals surface area contributed by atoms with Gasteiger partial charge in [0.2, 0.25) is 0 Å². The lowest BCUT2D eigenvalue weighted by Crippen LogP contribution is -2.14. The molecule has 0 aromatic heterocycles. The zero-order chi connectivity index (χ0) is 20.8. The number of hydrogen-bond donors (Lipinski definition) is 4. The highest BCUT2D eigenvalue weighted by atomic mass is 16.5. The van der Waals surface area contributed by atoms with Gasteiger partial charge in [-0.3, -0.25) is 4.79 Å². The zero-order valence-corrected chi connectivity index (χ0v) is 15.9. The molecular formula is C23H24N2O4. The largest absolute Gasteiger partial charge is 0.489 e. The number of para-hydroxylation sites is 1. The van der Waals surface area contributed by atoms with E-state index in [9.17, 15) is 9.90 Å². The van der Waals surface area contributed by atoms with Crippen LogP contribution in [0.15, 0.2) is 66.7 Å². The molecule has 3 rings (SSSR count). The van der Waals surface area contributed by atoms with E-state index in [0.29, 0.717) is 17.0 Å². The molecule has 6 heteroatoms. The molecule has 0 radical (unpaired) electrons. The van der Waals surface area contributed by atoms with Crippen molar-refractivity contribution < 1.29 is 19.7 Å². The van der Waals surface area contributed by atoms with Crippen molar-refractivity contribution in [2.45, 2.75) is 19.1 Å². The van der Waals surface area contributed by atoms with Crippen LogP contribution in [0.3, 0.4) is 0 Å². The average molecular weight is 392 g/mol. The first-order valence-electron chi connectivity index (χ1n) is 9.25. The highest BCUT2D eigenvalue weighted by molar-refractivity contribution is 5.71. The Labute approximate surface area is 169 Å². The van der Waals surface area contributed by atoms with Gasteiger partial charge in [-0.05, 0) is 52.6 Å². The molecule has 29 heavy (non-hydrogen) atoms. The van der Waals surface area contributed by atoms with E-state index >= 15 is 0 Å². The molecule has 3 aromatic rings. The van der Waals surface area contributed by atoms with Crippen molar-refractivity contribution in [2.24, 2.45) is 5.73 Å². The van der Waals surface area contributed by atoms with E-state index in [4.69, 9.17) is 21.3 Å². The van der Waals surface area contributed by atoms with E-state index in [1.807, 2.05) is 42.5 Å². The summed E-state index contributed by atoms with van der Waals surface area (Å²) in [5.74, 6) is -0.372. The molecule has 0 saturated carbocycles. The summed E-state index contributed by atoms with van der Waals surface area (Å²) >= 11 is 0. The van der Waals surface area contributed by atoms with Crippen LogP contribution in [0, 0.1) is 0 Å². The van der Waals surface area contributed by atoms with Gasteiger partial charge < -0.3 is 26.4 Å². The second-order valence-corrected chi connectivity index (χ2v) is 6.84. The zero-order valence-electron chi connectivity index (χ0n) is 15.9. The van der Waals surface area contributed by atoms with Gasteiger partial charge in [0.1, 0.15) is 12.4 Å². The SMILES string of the molecule is Nc1cc(COc2ccccc2CC(=O)O)cc(-c2cccc([C@H](N)CO)c2)c1. The number of carbonyl (C=O) groups is 1. The van der Waals surface area contributed by atoms with Gasteiger partial charge in [0, 0.05) is 11.3 Å². The number of ether oxygens (including phenoxy) is 1. The fraction of sp³-hybridized carbons (Fsp3) is 0.174. The fourth-order valence-electron chi connectivity index (χ4n) is 3.14. The lowest BCUT2D eigenvalue weighted by molar-refractivity contribution is -0.136. The molecule has 150 valence electrons. The normalized spacial score (nSPS) is 11.8. The predicted molar refractivity (Wildman–Crippen MR) is 112 cm³/mol. The number of rotatable bonds is 8. The van der Waals surface area contributed by atoms with Gasteiger partial charge in [0.05, 0.1) is 19.1 Å². The number of benzene rings is 3. The Bertz CT molecular complexity index is 1000. The molecule has 0 saturated heterocycles. The van der Waals surface area contributed by atoms with Crippen LogP contribution in [-0.4, -0.2) is 22.8 Å². The molecule has 3 aromatic carbocycles. The lowest BCUT2D eigenvalue weighted by Gasteiger charge is -2.13. The smallest absolute Gasteiger partial charge is 0.307 e. The molecule has 0 amide bonds. The van der Waals surface area contributed by atoms with E-state index in [-0.39, 0.29) is 19.6 Å². The fourth-order valence-corrected chi connectivity index (χ4v) is 3.14. The number of aliphatic hydroxyl groups excluding tert-OH is 1. The summed E-state index contributed by atoms with van der Waals surface area (Å²) in [6.07, 6.45) is -0.101. The first-order chi connectivity index (χ1) is 14.0. The summed E-state index contributed by atoms with van der Waals surface area (Å²) < 4.78 is 5.88. The summed E-state index contributed by atoms with van der Waals surface area (Å²) in [6, 6.07) is 20.0. The minimum atomic E-state index is -0.909. The van der Waals surface area contributed by atoms with E-state index in [1.165, 1.54) is 0 Å². The molecule has 1 atom stereocenters. The van der Waals surface area contributed by atoms with Gasteiger partial charge in [-0.25, -0.2) is 0 Å². The first kappa shape index (κ1) is 20.4. The van der Waals surface area contributed by atoms with Crippen LogP contribution in [0.4, 0.5) is 5.69 Å². The average Bonchev–Trinajstić information content (AvgIpc) is 2.72. The molecule has 0 aliphatic rings. The monoisotopic (exact) mass is 392 g/mol. The summed E-state index contributed by atoms with van der Waals surface area (Å²) in [6.45, 7) is 0.125. The number of aliphatic hydroxyl groups is 1.